The zero-order chi connectivity index (χ0) is 17.3. The van der Waals surface area contributed by atoms with E-state index in [1.807, 2.05) is 11.9 Å². The van der Waals surface area contributed by atoms with Gasteiger partial charge in [-0.25, -0.2) is 4.79 Å². The van der Waals surface area contributed by atoms with Gasteiger partial charge in [-0.1, -0.05) is 23.8 Å². The van der Waals surface area contributed by atoms with Crippen molar-refractivity contribution in [1.82, 2.24) is 14.9 Å². The number of aromatic amines is 2. The predicted octanol–water partition coefficient (Wildman–Crippen LogP) is 2.79. The number of aromatic nitrogens is 2. The molecule has 0 unspecified atom stereocenters. The third-order valence-corrected chi connectivity index (χ3v) is 4.19. The van der Waals surface area contributed by atoms with Gasteiger partial charge in [0.05, 0.1) is 17.6 Å². The number of H-pyrrole nitrogens is 2. The van der Waals surface area contributed by atoms with E-state index in [4.69, 9.17) is 0 Å². The standard InChI is InChI=1S/C19H21N3O2/c1-12-4-5-15(13(2)8-12)10-22(3)11-18(23)14-6-7-16-17(9-14)21-19(24)20-16/h4-9H,10-11H2,1-3H3,(H2,20,21,24). The number of hydrogen-bond donors (Lipinski definition) is 2. The third-order valence-electron chi connectivity index (χ3n) is 4.19. The minimum Gasteiger partial charge on any atom is -0.306 e. The molecule has 0 amide bonds. The van der Waals surface area contributed by atoms with Crippen LogP contribution in [0.5, 0.6) is 0 Å². The summed E-state index contributed by atoms with van der Waals surface area (Å²) in [5.74, 6) is 0.0335. The first-order chi connectivity index (χ1) is 11.4. The monoisotopic (exact) mass is 323 g/mol. The van der Waals surface area contributed by atoms with Crippen LogP contribution in [0.2, 0.25) is 0 Å². The highest BCUT2D eigenvalue weighted by Crippen LogP contribution is 2.14. The van der Waals surface area contributed by atoms with Crippen molar-refractivity contribution in [2.45, 2.75) is 20.4 Å². The topological polar surface area (TPSA) is 69.0 Å². The van der Waals surface area contributed by atoms with Crippen LogP contribution < -0.4 is 5.69 Å². The first-order valence-electron chi connectivity index (χ1n) is 7.92. The summed E-state index contributed by atoms with van der Waals surface area (Å²) < 4.78 is 0. The number of likely N-dealkylation sites (N-methyl/N-ethyl adjacent to an activating group) is 1. The number of ketones is 1. The lowest BCUT2D eigenvalue weighted by molar-refractivity contribution is 0.0943. The first kappa shape index (κ1) is 16.2. The van der Waals surface area contributed by atoms with Crippen LogP contribution in [-0.2, 0) is 6.54 Å². The Kier molecular flexibility index (Phi) is 4.36. The van der Waals surface area contributed by atoms with Crippen molar-refractivity contribution in [3.63, 3.8) is 0 Å². The van der Waals surface area contributed by atoms with E-state index in [0.717, 1.165) is 6.54 Å². The van der Waals surface area contributed by atoms with Crippen LogP contribution in [0.15, 0.2) is 41.2 Å². The molecule has 5 nitrogen and oxygen atoms in total. The van der Waals surface area contributed by atoms with E-state index in [1.165, 1.54) is 16.7 Å². The van der Waals surface area contributed by atoms with Gasteiger partial charge in [0.2, 0.25) is 0 Å². The fraction of sp³-hybridized carbons (Fsp3) is 0.263. The number of carbonyl (C=O) groups is 1. The summed E-state index contributed by atoms with van der Waals surface area (Å²) >= 11 is 0. The van der Waals surface area contributed by atoms with Crippen LogP contribution in [0.3, 0.4) is 0 Å². The van der Waals surface area contributed by atoms with E-state index in [-0.39, 0.29) is 11.5 Å². The maximum absolute atomic E-state index is 12.5. The molecule has 3 rings (SSSR count). The Balaban J connectivity index is 1.71. The highest BCUT2D eigenvalue weighted by Gasteiger charge is 2.12. The van der Waals surface area contributed by atoms with Crippen LogP contribution in [0.25, 0.3) is 11.0 Å². The Morgan fingerprint density at radius 1 is 1.04 bits per heavy atom. The Bertz CT molecular complexity index is 953. The molecular formula is C19H21N3O2. The molecule has 0 aliphatic heterocycles. The number of fused-ring (bicyclic) bond motifs is 1. The van der Waals surface area contributed by atoms with Gasteiger partial charge in [0.1, 0.15) is 0 Å². The highest BCUT2D eigenvalue weighted by molar-refractivity contribution is 6.00. The summed E-state index contributed by atoms with van der Waals surface area (Å²) in [4.78, 5) is 31.2. The maximum Gasteiger partial charge on any atom is 0.323 e. The van der Waals surface area contributed by atoms with Gasteiger partial charge in [-0.2, -0.15) is 0 Å². The number of imidazole rings is 1. The molecule has 0 saturated heterocycles. The number of nitrogens with zero attached hydrogens (tertiary/aromatic N) is 1. The molecule has 0 aliphatic carbocycles. The summed E-state index contributed by atoms with van der Waals surface area (Å²) in [5, 5.41) is 0. The zero-order valence-electron chi connectivity index (χ0n) is 14.1. The Hall–Kier alpha value is -2.66. The SMILES string of the molecule is Cc1ccc(CN(C)CC(=O)c2ccc3[nH]c(=O)[nH]c3c2)c(C)c1. The number of rotatable bonds is 5. The predicted molar refractivity (Wildman–Crippen MR) is 95.5 cm³/mol. The number of aryl methyl sites for hydroxylation is 2. The van der Waals surface area contributed by atoms with Crippen LogP contribution >= 0.6 is 0 Å². The van der Waals surface area contributed by atoms with Crippen molar-refractivity contribution in [2.75, 3.05) is 13.6 Å². The molecule has 0 aliphatic rings. The molecule has 0 spiro atoms. The smallest absolute Gasteiger partial charge is 0.306 e. The minimum absolute atomic E-state index is 0.0335. The number of carbonyl (C=O) groups excluding carboxylic acids is 1. The van der Waals surface area contributed by atoms with Crippen molar-refractivity contribution in [1.29, 1.82) is 0 Å². The van der Waals surface area contributed by atoms with Crippen LogP contribution in [0, 0.1) is 13.8 Å². The van der Waals surface area contributed by atoms with Gasteiger partial charge in [0, 0.05) is 12.1 Å². The first-order valence-corrected chi connectivity index (χ1v) is 7.92. The molecule has 2 N–H and O–H groups in total. The quantitative estimate of drug-likeness (QED) is 0.709. The lowest BCUT2D eigenvalue weighted by Crippen LogP contribution is -2.26. The Morgan fingerprint density at radius 2 is 1.79 bits per heavy atom. The number of nitrogens with one attached hydrogen (secondary N) is 2. The fourth-order valence-electron chi connectivity index (χ4n) is 2.91. The van der Waals surface area contributed by atoms with Gasteiger partial charge < -0.3 is 9.97 Å². The van der Waals surface area contributed by atoms with Gasteiger partial charge >= 0.3 is 5.69 Å². The molecular weight excluding hydrogens is 302 g/mol. The molecule has 2 aromatic carbocycles. The lowest BCUT2D eigenvalue weighted by atomic mass is 10.0. The summed E-state index contributed by atoms with van der Waals surface area (Å²) in [7, 11) is 1.94. The molecule has 1 heterocycles. The second-order valence-electron chi connectivity index (χ2n) is 6.36. The van der Waals surface area contributed by atoms with Gasteiger partial charge in [-0.05, 0) is 50.2 Å². The average molecular weight is 323 g/mol. The molecule has 0 saturated carbocycles. The van der Waals surface area contributed by atoms with Crippen LogP contribution in [-0.4, -0.2) is 34.2 Å². The third kappa shape index (κ3) is 3.46. The van der Waals surface area contributed by atoms with Crippen molar-refractivity contribution in [2.24, 2.45) is 0 Å². The molecule has 0 fully saturated rings. The van der Waals surface area contributed by atoms with Crippen molar-refractivity contribution in [3.8, 4) is 0 Å². The van der Waals surface area contributed by atoms with Gasteiger partial charge in [0.25, 0.3) is 0 Å². The largest absolute Gasteiger partial charge is 0.323 e. The fourth-order valence-corrected chi connectivity index (χ4v) is 2.91. The Labute approximate surface area is 140 Å². The van der Waals surface area contributed by atoms with Gasteiger partial charge in [0.15, 0.2) is 5.78 Å². The molecule has 124 valence electrons. The van der Waals surface area contributed by atoms with Crippen LogP contribution in [0.4, 0.5) is 0 Å². The van der Waals surface area contributed by atoms with E-state index in [0.29, 0.717) is 23.1 Å². The second-order valence-corrected chi connectivity index (χ2v) is 6.36. The van der Waals surface area contributed by atoms with E-state index >= 15 is 0 Å². The molecule has 1 aromatic heterocycles. The number of benzene rings is 2. The number of Topliss-reactive ketones (excluding diaryl/α,β-unsaturated/α-hetero) is 1. The van der Waals surface area contributed by atoms with E-state index in [1.54, 1.807) is 18.2 Å². The van der Waals surface area contributed by atoms with Crippen molar-refractivity contribution >= 4 is 16.8 Å². The van der Waals surface area contributed by atoms with Crippen molar-refractivity contribution in [3.05, 3.63) is 69.1 Å². The summed E-state index contributed by atoms with van der Waals surface area (Å²) in [5.41, 5.74) is 5.40. The van der Waals surface area contributed by atoms with E-state index in [9.17, 15) is 9.59 Å². The highest BCUT2D eigenvalue weighted by atomic mass is 16.1. The average Bonchev–Trinajstić information content (AvgIpc) is 2.89. The molecule has 0 radical (unpaired) electrons. The molecule has 3 aromatic rings. The molecule has 5 heteroatoms. The maximum atomic E-state index is 12.5. The zero-order valence-corrected chi connectivity index (χ0v) is 14.1. The molecule has 0 atom stereocenters. The minimum atomic E-state index is -0.262. The summed E-state index contributed by atoms with van der Waals surface area (Å²) in [6.45, 7) is 5.22. The molecule has 0 bridgehead atoms. The van der Waals surface area contributed by atoms with Gasteiger partial charge in [-0.3, -0.25) is 9.69 Å². The Morgan fingerprint density at radius 3 is 2.54 bits per heavy atom. The van der Waals surface area contributed by atoms with E-state index < -0.39 is 0 Å². The summed E-state index contributed by atoms with van der Waals surface area (Å²) in [6.07, 6.45) is 0. The van der Waals surface area contributed by atoms with Crippen LogP contribution in [0.1, 0.15) is 27.0 Å². The summed E-state index contributed by atoms with van der Waals surface area (Å²) in [6, 6.07) is 11.6. The van der Waals surface area contributed by atoms with Crippen molar-refractivity contribution < 1.29 is 4.79 Å². The van der Waals surface area contributed by atoms with Gasteiger partial charge in [-0.15, -0.1) is 0 Å². The van der Waals surface area contributed by atoms with E-state index in [2.05, 4.69) is 42.0 Å². The second kappa shape index (κ2) is 6.45. The normalized spacial score (nSPS) is 11.3. The lowest BCUT2D eigenvalue weighted by Gasteiger charge is -2.17. The molecule has 24 heavy (non-hydrogen) atoms. The number of hydrogen-bond acceptors (Lipinski definition) is 3.